The van der Waals surface area contributed by atoms with Gasteiger partial charge in [-0.1, -0.05) is 55.4 Å². The van der Waals surface area contributed by atoms with Gasteiger partial charge < -0.3 is 9.16 Å². The molecular formula is C24H41NO5Si. The van der Waals surface area contributed by atoms with Crippen molar-refractivity contribution in [1.82, 2.24) is 5.32 Å². The second kappa shape index (κ2) is 9.08. The monoisotopic (exact) mass is 451 g/mol. The molecule has 31 heavy (non-hydrogen) atoms. The van der Waals surface area contributed by atoms with Gasteiger partial charge in [-0.2, -0.15) is 0 Å². The highest BCUT2D eigenvalue weighted by Crippen LogP contribution is 2.57. The summed E-state index contributed by atoms with van der Waals surface area (Å²) in [6.45, 7) is 17.7. The van der Waals surface area contributed by atoms with Crippen molar-refractivity contribution in [3.63, 3.8) is 0 Å². The van der Waals surface area contributed by atoms with Gasteiger partial charge in [0.2, 0.25) is 5.91 Å². The molecule has 0 radical (unpaired) electrons. The first-order chi connectivity index (χ1) is 14.3. The van der Waals surface area contributed by atoms with Crippen LogP contribution in [0.2, 0.25) is 16.6 Å². The number of imide groups is 1. The predicted octanol–water partition coefficient (Wildman–Crippen LogP) is 5.73. The van der Waals surface area contributed by atoms with Crippen molar-refractivity contribution < 1.29 is 23.5 Å². The topological polar surface area (TPSA) is 81.7 Å². The fourth-order valence-corrected chi connectivity index (χ4v) is 11.6. The first-order valence-corrected chi connectivity index (χ1v) is 13.7. The van der Waals surface area contributed by atoms with Crippen molar-refractivity contribution in [3.05, 3.63) is 11.8 Å². The summed E-state index contributed by atoms with van der Waals surface area (Å²) in [5.74, 6) is 0.0484. The lowest BCUT2D eigenvalue weighted by molar-refractivity contribution is -0.156. The quantitative estimate of drug-likeness (QED) is 0.412. The Morgan fingerprint density at radius 3 is 2.13 bits per heavy atom. The number of carbonyl (C=O) groups excluding carboxylic acids is 3. The van der Waals surface area contributed by atoms with Gasteiger partial charge in [0.15, 0.2) is 0 Å². The van der Waals surface area contributed by atoms with E-state index in [0.717, 1.165) is 12.2 Å². The summed E-state index contributed by atoms with van der Waals surface area (Å²) >= 11 is 0. The maximum atomic E-state index is 13.2. The molecule has 1 saturated carbocycles. The summed E-state index contributed by atoms with van der Waals surface area (Å²) in [5, 5.41) is 2.29. The molecule has 2 atom stereocenters. The predicted molar refractivity (Wildman–Crippen MR) is 124 cm³/mol. The van der Waals surface area contributed by atoms with Crippen LogP contribution in [-0.2, 0) is 18.8 Å². The Morgan fingerprint density at radius 2 is 1.65 bits per heavy atom. The van der Waals surface area contributed by atoms with Gasteiger partial charge in [0.25, 0.3) is 8.32 Å². The number of hydrogen-bond acceptors (Lipinski definition) is 5. The number of nitrogens with one attached hydrogen (secondary N) is 1. The number of Topliss-reactive ketones (excluding diaryl/α,β-unsaturated/α-hetero) is 1. The fourth-order valence-electron chi connectivity index (χ4n) is 6.26. The molecule has 1 N–H and O–H groups in total. The summed E-state index contributed by atoms with van der Waals surface area (Å²) in [6.07, 6.45) is 2.97. The number of hydrogen-bond donors (Lipinski definition) is 1. The molecule has 0 aromatic rings. The maximum Gasteiger partial charge on any atom is 0.413 e. The average Bonchev–Trinajstić information content (AvgIpc) is 2.68. The minimum absolute atomic E-state index is 0.0892. The molecule has 2 rings (SSSR count). The minimum atomic E-state index is -2.15. The molecule has 0 aromatic carbocycles. The van der Waals surface area contributed by atoms with E-state index in [4.69, 9.17) is 4.43 Å². The molecule has 0 bridgehead atoms. The molecule has 0 aromatic heterocycles. The lowest BCUT2D eigenvalue weighted by atomic mass is 9.51. The summed E-state index contributed by atoms with van der Waals surface area (Å²) in [7, 11) is -0.933. The van der Waals surface area contributed by atoms with Crippen LogP contribution in [0.5, 0.6) is 0 Å². The van der Waals surface area contributed by atoms with Gasteiger partial charge in [-0.3, -0.25) is 14.9 Å². The van der Waals surface area contributed by atoms with Gasteiger partial charge in [-0.15, -0.1) is 0 Å². The lowest BCUT2D eigenvalue weighted by Crippen LogP contribution is -2.60. The molecule has 7 heteroatoms. The van der Waals surface area contributed by atoms with E-state index < -0.39 is 25.7 Å². The summed E-state index contributed by atoms with van der Waals surface area (Å²) in [5.41, 5.74) is -0.182. The molecule has 0 saturated heterocycles. The molecule has 2 aliphatic rings. The molecule has 6 nitrogen and oxygen atoms in total. The van der Waals surface area contributed by atoms with Crippen molar-refractivity contribution in [2.75, 3.05) is 7.11 Å². The third-order valence-electron chi connectivity index (χ3n) is 7.91. The van der Waals surface area contributed by atoms with Gasteiger partial charge in [-0.05, 0) is 46.9 Å². The van der Waals surface area contributed by atoms with Gasteiger partial charge in [0.1, 0.15) is 11.2 Å². The van der Waals surface area contributed by atoms with E-state index in [-0.39, 0.29) is 23.5 Å². The average molecular weight is 452 g/mol. The lowest BCUT2D eigenvalue weighted by Gasteiger charge is -2.53. The van der Waals surface area contributed by atoms with Crippen LogP contribution in [0.4, 0.5) is 4.79 Å². The molecular weight excluding hydrogens is 410 g/mol. The molecule has 0 heterocycles. The van der Waals surface area contributed by atoms with E-state index in [0.29, 0.717) is 29.5 Å². The SMILES string of the molecule is COC(=O)NC(=O)[C@]12CC=C(O[Si](C(C)C)(C(C)C)C(C)C)C[C@H]1C(C)(C)CCC2=O. The first-order valence-electron chi connectivity index (χ1n) is 11.6. The molecule has 2 aliphatic carbocycles. The fraction of sp³-hybridized carbons (Fsp3) is 0.792. The molecule has 0 aliphatic heterocycles. The van der Waals surface area contributed by atoms with Crippen molar-refractivity contribution in [2.45, 2.75) is 97.7 Å². The zero-order chi connectivity index (χ0) is 23.8. The van der Waals surface area contributed by atoms with Crippen LogP contribution in [0.1, 0.15) is 81.1 Å². The van der Waals surface area contributed by atoms with Crippen LogP contribution < -0.4 is 5.32 Å². The zero-order valence-corrected chi connectivity index (χ0v) is 21.8. The largest absolute Gasteiger partial charge is 0.546 e. The van der Waals surface area contributed by atoms with Crippen molar-refractivity contribution in [1.29, 1.82) is 0 Å². The standard InChI is InChI=1S/C24H41NO5Si/c1-15(2)31(16(3)4,17(5)6)30-18-10-13-24(21(27)25-22(28)29-9)19(14-18)23(7,8)12-11-20(24)26/h10,15-17,19H,11-14H2,1-9H3,(H,25,27,28)/t19-,24+/m0/s1. The Balaban J connectivity index is 2.50. The van der Waals surface area contributed by atoms with Crippen LogP contribution >= 0.6 is 0 Å². The van der Waals surface area contributed by atoms with Crippen LogP contribution in [0.15, 0.2) is 11.8 Å². The summed E-state index contributed by atoms with van der Waals surface area (Å²) < 4.78 is 11.6. The van der Waals surface area contributed by atoms with E-state index in [2.05, 4.69) is 65.4 Å². The van der Waals surface area contributed by atoms with Crippen molar-refractivity contribution >= 4 is 26.1 Å². The van der Waals surface area contributed by atoms with Crippen molar-refractivity contribution in [2.24, 2.45) is 16.7 Å². The summed E-state index contributed by atoms with van der Waals surface area (Å²) in [6, 6.07) is 0. The van der Waals surface area contributed by atoms with E-state index in [1.165, 1.54) is 7.11 Å². The van der Waals surface area contributed by atoms with Crippen LogP contribution in [0.3, 0.4) is 0 Å². The van der Waals surface area contributed by atoms with Gasteiger partial charge in [0, 0.05) is 12.8 Å². The maximum absolute atomic E-state index is 13.2. The van der Waals surface area contributed by atoms with E-state index in [1.54, 1.807) is 0 Å². The van der Waals surface area contributed by atoms with E-state index in [1.807, 2.05) is 6.08 Å². The van der Waals surface area contributed by atoms with Gasteiger partial charge >= 0.3 is 6.09 Å². The van der Waals surface area contributed by atoms with E-state index >= 15 is 0 Å². The number of ether oxygens (including phenoxy) is 1. The smallest absolute Gasteiger partial charge is 0.413 e. The molecule has 1 fully saturated rings. The van der Waals surface area contributed by atoms with Gasteiger partial charge in [-0.25, -0.2) is 4.79 Å². The number of methoxy groups -OCH3 is 1. The van der Waals surface area contributed by atoms with E-state index in [9.17, 15) is 14.4 Å². The number of alkyl carbamates (subject to hydrolysis) is 1. The third kappa shape index (κ3) is 4.35. The van der Waals surface area contributed by atoms with Crippen LogP contribution in [-0.4, -0.2) is 33.2 Å². The van der Waals surface area contributed by atoms with Gasteiger partial charge in [0.05, 0.1) is 12.9 Å². The number of carbonyl (C=O) groups is 3. The molecule has 0 spiro atoms. The molecule has 2 amide bonds. The number of rotatable bonds is 6. The normalized spacial score (nSPS) is 25.9. The molecule has 176 valence electrons. The highest BCUT2D eigenvalue weighted by Gasteiger charge is 2.61. The molecule has 0 unspecified atom stereocenters. The Hall–Kier alpha value is -1.63. The number of ketones is 1. The Kier molecular flexibility index (Phi) is 7.51. The number of fused-ring (bicyclic) bond motifs is 1. The van der Waals surface area contributed by atoms with Crippen molar-refractivity contribution in [3.8, 4) is 0 Å². The Bertz CT molecular complexity index is 733. The highest BCUT2D eigenvalue weighted by molar-refractivity contribution is 6.77. The number of allylic oxidation sites excluding steroid dienone is 2. The number of amides is 2. The second-order valence-corrected chi connectivity index (χ2v) is 16.3. The minimum Gasteiger partial charge on any atom is -0.546 e. The second-order valence-electron chi connectivity index (χ2n) is 10.9. The first kappa shape index (κ1) is 25.6. The Labute approximate surface area is 188 Å². The van der Waals surface area contributed by atoms with Crippen LogP contribution in [0, 0.1) is 16.7 Å². The zero-order valence-electron chi connectivity index (χ0n) is 20.8. The summed E-state index contributed by atoms with van der Waals surface area (Å²) in [4.78, 5) is 38.2. The third-order valence-corrected chi connectivity index (χ3v) is 13.9. The van der Waals surface area contributed by atoms with Crippen LogP contribution in [0.25, 0.3) is 0 Å². The Morgan fingerprint density at radius 1 is 1.10 bits per heavy atom. The highest BCUT2D eigenvalue weighted by atomic mass is 28.4.